The highest BCUT2D eigenvalue weighted by Crippen LogP contribution is 2.09. The van der Waals surface area contributed by atoms with Gasteiger partial charge in [0, 0.05) is 13.1 Å². The summed E-state index contributed by atoms with van der Waals surface area (Å²) in [7, 11) is 0. The lowest BCUT2D eigenvalue weighted by Gasteiger charge is -2.18. The molecule has 0 aliphatic heterocycles. The van der Waals surface area contributed by atoms with Gasteiger partial charge in [-0.1, -0.05) is 24.3 Å². The van der Waals surface area contributed by atoms with E-state index in [1.54, 1.807) is 27.7 Å². The van der Waals surface area contributed by atoms with Crippen LogP contribution in [0.5, 0.6) is 0 Å². The number of hydrogen-bond acceptors (Lipinski definition) is 10. The van der Waals surface area contributed by atoms with Crippen molar-refractivity contribution in [2.45, 2.75) is 65.7 Å². The minimum Gasteiger partial charge on any atom is -0.466 e. The van der Waals surface area contributed by atoms with Crippen LogP contribution in [0.4, 0.5) is 0 Å². The maximum Gasteiger partial charge on any atom is 0.323 e. The first-order valence-electron chi connectivity index (χ1n) is 11.5. The Morgan fingerprint density at radius 3 is 1.41 bits per heavy atom. The maximum atomic E-state index is 12.2. The van der Waals surface area contributed by atoms with Crippen molar-refractivity contribution < 1.29 is 38.1 Å². The third kappa shape index (κ3) is 11.2. The fourth-order valence-electron chi connectivity index (χ4n) is 3.07. The summed E-state index contributed by atoms with van der Waals surface area (Å²) in [5, 5.41) is 6.09. The number of carbonyl (C=O) groups excluding carboxylic acids is 4. The predicted octanol–water partition coefficient (Wildman–Crippen LogP) is 1.64. The Labute approximate surface area is 200 Å². The molecule has 190 valence electrons. The van der Waals surface area contributed by atoms with E-state index in [0.29, 0.717) is 13.1 Å². The van der Waals surface area contributed by atoms with Gasteiger partial charge in [0.2, 0.25) is 0 Å². The van der Waals surface area contributed by atoms with Gasteiger partial charge in [-0.05, 0) is 38.8 Å². The predicted molar refractivity (Wildman–Crippen MR) is 123 cm³/mol. The van der Waals surface area contributed by atoms with E-state index in [1.165, 1.54) is 0 Å². The van der Waals surface area contributed by atoms with Crippen molar-refractivity contribution in [2.75, 3.05) is 26.4 Å². The van der Waals surface area contributed by atoms with Crippen LogP contribution in [0.15, 0.2) is 24.3 Å². The van der Waals surface area contributed by atoms with Gasteiger partial charge in [-0.2, -0.15) is 0 Å². The van der Waals surface area contributed by atoms with Crippen LogP contribution in [0.1, 0.15) is 51.7 Å². The molecule has 34 heavy (non-hydrogen) atoms. The molecule has 0 spiro atoms. The van der Waals surface area contributed by atoms with E-state index in [4.69, 9.17) is 18.9 Å². The van der Waals surface area contributed by atoms with Crippen LogP contribution < -0.4 is 10.6 Å². The van der Waals surface area contributed by atoms with Gasteiger partial charge in [0.25, 0.3) is 0 Å². The van der Waals surface area contributed by atoms with Crippen LogP contribution in [0, 0.1) is 0 Å². The van der Waals surface area contributed by atoms with E-state index in [-0.39, 0.29) is 39.3 Å². The molecule has 0 bridgehead atoms. The van der Waals surface area contributed by atoms with Crippen LogP contribution in [-0.2, 0) is 51.2 Å². The van der Waals surface area contributed by atoms with E-state index >= 15 is 0 Å². The molecule has 2 N–H and O–H groups in total. The number of nitrogens with one attached hydrogen (secondary N) is 2. The van der Waals surface area contributed by atoms with Crippen LogP contribution in [0.2, 0.25) is 0 Å². The summed E-state index contributed by atoms with van der Waals surface area (Å²) in [4.78, 5) is 48.1. The first-order chi connectivity index (χ1) is 16.3. The molecule has 10 nitrogen and oxygen atoms in total. The molecule has 1 aromatic rings. The number of esters is 4. The molecule has 2 unspecified atom stereocenters. The van der Waals surface area contributed by atoms with Crippen LogP contribution in [-0.4, -0.2) is 62.4 Å². The van der Waals surface area contributed by atoms with Gasteiger partial charge in [0.15, 0.2) is 0 Å². The van der Waals surface area contributed by atoms with E-state index in [0.717, 1.165) is 11.1 Å². The van der Waals surface area contributed by atoms with Gasteiger partial charge in [-0.3, -0.25) is 29.8 Å². The van der Waals surface area contributed by atoms with E-state index in [1.807, 2.05) is 24.3 Å². The number of carbonyl (C=O) groups is 4. The summed E-state index contributed by atoms with van der Waals surface area (Å²) in [5.41, 5.74) is 1.71. The normalized spacial score (nSPS) is 12.4. The van der Waals surface area contributed by atoms with Gasteiger partial charge >= 0.3 is 23.9 Å². The maximum absolute atomic E-state index is 12.2. The zero-order chi connectivity index (χ0) is 25.3. The van der Waals surface area contributed by atoms with Crippen LogP contribution >= 0.6 is 0 Å². The van der Waals surface area contributed by atoms with Crippen LogP contribution in [0.3, 0.4) is 0 Å². The Hall–Kier alpha value is -2.98. The summed E-state index contributed by atoms with van der Waals surface area (Å²) in [6.45, 7) is 8.26. The Morgan fingerprint density at radius 1 is 0.676 bits per heavy atom. The monoisotopic (exact) mass is 480 g/mol. The van der Waals surface area contributed by atoms with Crippen molar-refractivity contribution in [3.8, 4) is 0 Å². The number of benzene rings is 1. The summed E-state index contributed by atoms with van der Waals surface area (Å²) in [6, 6.07) is 5.79. The number of rotatable bonds is 16. The first kappa shape index (κ1) is 29.1. The molecule has 0 fully saturated rings. The molecule has 1 rings (SSSR count). The second-order valence-corrected chi connectivity index (χ2v) is 7.21. The molecule has 0 aromatic heterocycles. The topological polar surface area (TPSA) is 129 Å². The molecule has 2 atom stereocenters. The summed E-state index contributed by atoms with van der Waals surface area (Å²) in [6.07, 6.45) is -0.272. The standard InChI is InChI=1S/C24H36N2O8/c1-5-31-21(27)13-19(23(29)33-7-3)25-15-17-10-9-11-18(12-17)16-26-20(24(30)34-8-4)14-22(28)32-6-2/h9-12,19-20,25-26H,5-8,13-16H2,1-4H3. The van der Waals surface area contributed by atoms with E-state index in [2.05, 4.69) is 10.6 Å². The minimum atomic E-state index is -0.835. The van der Waals surface area contributed by atoms with E-state index < -0.39 is 36.0 Å². The zero-order valence-electron chi connectivity index (χ0n) is 20.4. The lowest BCUT2D eigenvalue weighted by molar-refractivity contribution is -0.152. The number of ether oxygens (including phenoxy) is 4. The Balaban J connectivity index is 2.78. The molecule has 0 amide bonds. The van der Waals surface area contributed by atoms with Gasteiger partial charge in [0.05, 0.1) is 39.3 Å². The lowest BCUT2D eigenvalue weighted by Crippen LogP contribution is -2.40. The molecule has 1 aromatic carbocycles. The molecular weight excluding hydrogens is 444 g/mol. The summed E-state index contributed by atoms with van der Waals surface area (Å²) in [5.74, 6) is -2.02. The fourth-order valence-corrected chi connectivity index (χ4v) is 3.07. The molecular formula is C24H36N2O8. The molecule has 0 radical (unpaired) electrons. The smallest absolute Gasteiger partial charge is 0.323 e. The average molecular weight is 481 g/mol. The average Bonchev–Trinajstić information content (AvgIpc) is 2.80. The second-order valence-electron chi connectivity index (χ2n) is 7.21. The zero-order valence-corrected chi connectivity index (χ0v) is 20.4. The highest BCUT2D eigenvalue weighted by Gasteiger charge is 2.24. The summed E-state index contributed by atoms with van der Waals surface area (Å²) < 4.78 is 20.0. The molecule has 0 saturated carbocycles. The van der Waals surface area contributed by atoms with Gasteiger partial charge < -0.3 is 18.9 Å². The van der Waals surface area contributed by atoms with Gasteiger partial charge in [-0.25, -0.2) is 0 Å². The van der Waals surface area contributed by atoms with Crippen LogP contribution in [0.25, 0.3) is 0 Å². The first-order valence-corrected chi connectivity index (χ1v) is 11.5. The number of hydrogen-bond donors (Lipinski definition) is 2. The fraction of sp³-hybridized carbons (Fsp3) is 0.583. The van der Waals surface area contributed by atoms with Gasteiger partial charge in [-0.15, -0.1) is 0 Å². The van der Waals surface area contributed by atoms with Crippen molar-refractivity contribution in [2.24, 2.45) is 0 Å². The third-order valence-corrected chi connectivity index (χ3v) is 4.59. The molecule has 10 heteroatoms. The third-order valence-electron chi connectivity index (χ3n) is 4.59. The Morgan fingerprint density at radius 2 is 1.06 bits per heavy atom. The van der Waals surface area contributed by atoms with Crippen molar-refractivity contribution in [3.05, 3.63) is 35.4 Å². The minimum absolute atomic E-state index is 0.136. The van der Waals surface area contributed by atoms with Gasteiger partial charge in [0.1, 0.15) is 12.1 Å². The van der Waals surface area contributed by atoms with Crippen molar-refractivity contribution in [3.63, 3.8) is 0 Å². The summed E-state index contributed by atoms with van der Waals surface area (Å²) >= 11 is 0. The van der Waals surface area contributed by atoms with E-state index in [9.17, 15) is 19.2 Å². The largest absolute Gasteiger partial charge is 0.466 e. The van der Waals surface area contributed by atoms with Crippen molar-refractivity contribution in [1.82, 2.24) is 10.6 Å². The molecule has 0 heterocycles. The second kappa shape index (κ2) is 16.6. The molecule has 0 aliphatic rings. The van der Waals surface area contributed by atoms with Crippen molar-refractivity contribution >= 4 is 23.9 Å². The Bertz CT molecular complexity index is 738. The molecule has 0 aliphatic carbocycles. The SMILES string of the molecule is CCOC(=O)CC(NCc1cccc(CNC(CC(=O)OCC)C(=O)OCC)c1)C(=O)OCC. The molecule has 0 saturated heterocycles. The van der Waals surface area contributed by atoms with Crippen molar-refractivity contribution in [1.29, 1.82) is 0 Å². The highest BCUT2D eigenvalue weighted by molar-refractivity contribution is 5.83. The lowest BCUT2D eigenvalue weighted by atomic mass is 10.1. The quantitative estimate of drug-likeness (QED) is 0.266. The Kier molecular flexibility index (Phi) is 14.2. The highest BCUT2D eigenvalue weighted by atomic mass is 16.5.